The van der Waals surface area contributed by atoms with Crippen molar-refractivity contribution in [2.45, 2.75) is 222 Å². The second-order valence-electron chi connectivity index (χ2n) is 42.1. The van der Waals surface area contributed by atoms with E-state index in [1.807, 2.05) is 41.5 Å². The van der Waals surface area contributed by atoms with Crippen molar-refractivity contribution in [3.63, 3.8) is 0 Å². The number of anilines is 2. The normalized spacial score (nSPS) is 26.4. The van der Waals surface area contributed by atoms with Crippen molar-refractivity contribution in [3.8, 4) is 17.2 Å². The van der Waals surface area contributed by atoms with E-state index in [9.17, 15) is 86.9 Å². The zero-order chi connectivity index (χ0) is 103. The molecule has 2 spiro atoms. The number of methoxy groups -OCH3 is 1. The van der Waals surface area contributed by atoms with Crippen molar-refractivity contribution < 1.29 is 120 Å². The molecule has 35 heteroatoms. The number of rotatable bonds is 47. The summed E-state index contributed by atoms with van der Waals surface area (Å²) in [7, 11) is 1.41. The Morgan fingerprint density at radius 2 is 0.826 bits per heavy atom. The standard InChI is InChI=1S/C109H134N10O25/c1-58(2)73(47-71(120)30-38-139-40-32-110-90(124)28-34-114-102(132)92-77-24-25-78(93(92)103(114)133)108(77)52-63(108)8)96(126)112-65(10)85(122)45-67-16-20-69(21-17-67)56-143-106(136)118-81-50-87(62(7)44-75(81)98(128)116-54-60(5)42-83(116)100(118)130)141-36-14-13-15-37-142-89-51-82-76(49-88(89)138-12)99(129)117-55-61(6)43-84(117)101(131)119(82)107(137)144-57-70-22-18-68(19-23-70)46-86(123)66(11)113-97(127)74(59(3)4)48-72(121)31-39-140-41-33-111-91(125)29-35-115-104(134)94-79-26-27-80(95(94)105(115)135)109(79)53-64(109)9/h16-27,44,49-51,54-55,58-59,63-66,73-74,77-80,83-84,92-95,100-101,130-131H,13-15,28-43,45-48,52-53,56-57H2,1-12H3,(H,110,124)(H,111,125)(H,112,126)(H,113,127)/t63?,64?,65-,66-,73-,74-,77?,78?,79?,80?,83-,84-,92?,93?,94?,95?,100-,101-,108?,109?/m0/s1. The summed E-state index contributed by atoms with van der Waals surface area (Å²) in [6, 6.07) is 16.0. The number of carbonyl (C=O) groups is 16. The Hall–Kier alpha value is -12.6. The van der Waals surface area contributed by atoms with Crippen LogP contribution in [0, 0.1) is 101 Å². The molecule has 0 aromatic heterocycles. The third kappa shape index (κ3) is 21.2. The van der Waals surface area contributed by atoms with Gasteiger partial charge in [-0.25, -0.2) is 19.4 Å². The van der Waals surface area contributed by atoms with Crippen LogP contribution in [0.3, 0.4) is 0 Å². The molecule has 12 amide bonds. The van der Waals surface area contributed by atoms with Gasteiger partial charge in [-0.2, -0.15) is 0 Å². The van der Waals surface area contributed by atoms with Crippen molar-refractivity contribution in [3.05, 3.63) is 160 Å². The maximum Gasteiger partial charge on any atom is 0.416 e. The first-order valence-corrected chi connectivity index (χ1v) is 50.9. The second-order valence-corrected chi connectivity index (χ2v) is 42.1. The number of nitrogens with one attached hydrogen (secondary N) is 4. The van der Waals surface area contributed by atoms with E-state index in [4.69, 9.17) is 33.2 Å². The molecule has 12 aliphatic rings. The van der Waals surface area contributed by atoms with E-state index in [2.05, 4.69) is 59.4 Å². The van der Waals surface area contributed by atoms with Crippen molar-refractivity contribution in [1.82, 2.24) is 40.9 Å². The molecule has 4 aromatic rings. The summed E-state index contributed by atoms with van der Waals surface area (Å²) >= 11 is 0. The monoisotopic (exact) mass is 1980 g/mol. The van der Waals surface area contributed by atoms with Gasteiger partial charge in [-0.1, -0.05) is 126 Å². The summed E-state index contributed by atoms with van der Waals surface area (Å²) in [5.74, 6) is -5.49. The lowest BCUT2D eigenvalue weighted by atomic mass is 9.85. The summed E-state index contributed by atoms with van der Waals surface area (Å²) in [5, 5.41) is 35.4. The Morgan fingerprint density at radius 1 is 0.458 bits per heavy atom. The van der Waals surface area contributed by atoms with Crippen LogP contribution < -0.4 is 45.3 Å². The number of ether oxygens (including phenoxy) is 7. The van der Waals surface area contributed by atoms with Crippen LogP contribution in [0.5, 0.6) is 17.2 Å². The lowest BCUT2D eigenvalue weighted by Gasteiger charge is -2.31. The molecule has 6 heterocycles. The van der Waals surface area contributed by atoms with Crippen LogP contribution in [0.1, 0.15) is 201 Å². The first-order valence-electron chi connectivity index (χ1n) is 50.9. The number of fused-ring (bicyclic) bond motifs is 10. The number of Topliss-reactive ketones (excluding diaryl/α,β-unsaturated/α-hetero) is 4. The second kappa shape index (κ2) is 43.8. The van der Waals surface area contributed by atoms with E-state index in [0.29, 0.717) is 64.7 Å². The Kier molecular flexibility index (Phi) is 31.7. The van der Waals surface area contributed by atoms with Crippen LogP contribution in [-0.2, 0) is 103 Å². The molecule has 6 N–H and O–H groups in total. The Labute approximate surface area is 838 Å². The van der Waals surface area contributed by atoms with Crippen LogP contribution in [-0.4, -0.2) is 234 Å². The Balaban J connectivity index is 0.451. The third-order valence-corrected chi connectivity index (χ3v) is 32.0. The van der Waals surface area contributed by atoms with E-state index in [1.165, 1.54) is 38.8 Å². The van der Waals surface area contributed by atoms with Gasteiger partial charge < -0.3 is 74.4 Å². The predicted molar refractivity (Wildman–Crippen MR) is 523 cm³/mol. The maximum absolute atomic E-state index is 14.5. The number of likely N-dealkylation sites (tertiary alicyclic amines) is 2. The number of hydrogen-bond acceptors (Lipinski definition) is 25. The van der Waals surface area contributed by atoms with Crippen molar-refractivity contribution >= 4 is 106 Å². The van der Waals surface area contributed by atoms with E-state index in [1.54, 1.807) is 93.8 Å². The van der Waals surface area contributed by atoms with E-state index in [0.717, 1.165) is 33.8 Å². The van der Waals surface area contributed by atoms with Gasteiger partial charge in [-0.15, -0.1) is 0 Å². The highest BCUT2D eigenvalue weighted by atomic mass is 16.6. The first kappa shape index (κ1) is 104. The molecule has 16 rings (SSSR count). The molecule has 4 aromatic carbocycles. The summed E-state index contributed by atoms with van der Waals surface area (Å²) in [6.45, 7) is 20.6. The zero-order valence-corrected chi connectivity index (χ0v) is 84.0. The molecule has 6 aliphatic carbocycles. The fourth-order valence-corrected chi connectivity index (χ4v) is 23.9. The summed E-state index contributed by atoms with van der Waals surface area (Å²) in [4.78, 5) is 225. The van der Waals surface area contributed by atoms with Crippen LogP contribution in [0.2, 0.25) is 0 Å². The molecule has 2 saturated heterocycles. The predicted octanol–water partition coefficient (Wildman–Crippen LogP) is 10.2. The van der Waals surface area contributed by atoms with E-state index in [-0.39, 0.29) is 306 Å². The summed E-state index contributed by atoms with van der Waals surface area (Å²) in [6.07, 6.45) is 10.5. The third-order valence-electron chi connectivity index (χ3n) is 32.0. The number of carbonyl (C=O) groups excluding carboxylic acids is 16. The van der Waals surface area contributed by atoms with Gasteiger partial charge in [0, 0.05) is 114 Å². The average Bonchev–Trinajstić information content (AvgIpc) is 1.49. The number of amides is 12. The fraction of sp³-hybridized carbons (Fsp3) is 0.560. The number of unbranched alkanes of at least 4 members (excludes halogenated alkanes) is 2. The highest BCUT2D eigenvalue weighted by Gasteiger charge is 2.77. The van der Waals surface area contributed by atoms with Gasteiger partial charge in [0.05, 0.1) is 117 Å². The van der Waals surface area contributed by atoms with Crippen LogP contribution >= 0.6 is 0 Å². The van der Waals surface area contributed by atoms with Crippen molar-refractivity contribution in [2.75, 3.05) is 82.7 Å². The molecule has 6 fully saturated rings. The topological polar surface area (TPSA) is 446 Å². The molecular formula is C109H134N10O25. The highest BCUT2D eigenvalue weighted by Crippen LogP contribution is 2.77. The molecule has 18 atom stereocenters. The Bertz CT molecular complexity index is 5780. The highest BCUT2D eigenvalue weighted by molar-refractivity contribution is 6.10. The number of allylic oxidation sites excluding steroid dienone is 4. The fourth-order valence-electron chi connectivity index (χ4n) is 23.9. The molecule has 35 nitrogen and oxygen atoms in total. The molecule has 10 unspecified atom stereocenters. The van der Waals surface area contributed by atoms with Gasteiger partial charge in [0.1, 0.15) is 30.5 Å². The average molecular weight is 1980 g/mol. The summed E-state index contributed by atoms with van der Waals surface area (Å²) in [5.41, 5.74) is 4.80. The van der Waals surface area contributed by atoms with E-state index < -0.39 is 84.3 Å². The maximum atomic E-state index is 14.5. The lowest BCUT2D eigenvalue weighted by molar-refractivity contribution is -0.143. The van der Waals surface area contributed by atoms with Crippen molar-refractivity contribution in [2.24, 2.45) is 93.7 Å². The quantitative estimate of drug-likeness (QED) is 0.0136. The van der Waals surface area contributed by atoms with Gasteiger partial charge >= 0.3 is 12.2 Å². The lowest BCUT2D eigenvalue weighted by Crippen LogP contribution is -2.50. The number of ketones is 4. The number of aliphatic hydroxyl groups excluding tert-OH is 2. The molecule has 144 heavy (non-hydrogen) atoms. The van der Waals surface area contributed by atoms with Gasteiger partial charge in [-0.3, -0.25) is 76.9 Å². The van der Waals surface area contributed by atoms with Crippen LogP contribution in [0.4, 0.5) is 21.0 Å². The molecule has 4 bridgehead atoms. The SMILES string of the molecule is COc1cc2c(cc1OCCCCCOc1cc3c(cc1C)C(=O)N1C=C(C)C[C@H]1[C@H](O)N3C(=O)OCc1ccc(CC(=O)[C@H](C)NC(=O)[C@@H](CC(=O)CCOCCNC(=O)CCN3C(=O)C4C(C3=O)C3C=CC4C34CC4C)C(C)C)cc1)N(C(=O)OCc1ccc(CC(=O)[C@H](C)NC(=O)[C@@H](CC(=O)CCOCCNC(=O)CCN3C(=O)C4C(C3=O)C3C=CC4C34CC4C)C(C)C)cc1)[C@@H](O)[C@@H]1CC(C)=CN1C2=O. The number of benzene rings is 4. The first-order chi connectivity index (χ1) is 68.8. The molecule has 770 valence electrons. The Morgan fingerprint density at radius 3 is 1.20 bits per heavy atom. The molecular weight excluding hydrogens is 1850 g/mol. The zero-order valence-electron chi connectivity index (χ0n) is 84.0. The van der Waals surface area contributed by atoms with Gasteiger partial charge in [0.25, 0.3) is 11.8 Å². The number of aryl methyl sites for hydroxylation is 1. The van der Waals surface area contributed by atoms with E-state index >= 15 is 0 Å². The smallest absolute Gasteiger partial charge is 0.416 e. The van der Waals surface area contributed by atoms with Gasteiger partial charge in [0.2, 0.25) is 47.3 Å². The minimum absolute atomic E-state index is 0.00666. The number of hydrogen-bond donors (Lipinski definition) is 6. The van der Waals surface area contributed by atoms with Gasteiger partial charge in [-0.05, 0) is 178 Å². The van der Waals surface area contributed by atoms with Crippen molar-refractivity contribution in [1.29, 1.82) is 0 Å². The number of aliphatic hydroxyl groups is 2. The summed E-state index contributed by atoms with van der Waals surface area (Å²) < 4.78 is 41.5. The molecule has 6 aliphatic heterocycles. The molecule has 0 radical (unpaired) electrons. The van der Waals surface area contributed by atoms with Crippen LogP contribution in [0.25, 0.3) is 0 Å². The minimum Gasteiger partial charge on any atom is -0.493 e. The number of nitrogens with zero attached hydrogens (tertiary/aromatic N) is 6. The number of imide groups is 2. The molecule has 4 saturated carbocycles. The largest absolute Gasteiger partial charge is 0.493 e. The van der Waals surface area contributed by atoms with Crippen LogP contribution in [0.15, 0.2) is 121 Å². The minimum atomic E-state index is -1.59. The van der Waals surface area contributed by atoms with Gasteiger partial charge in [0.15, 0.2) is 35.5 Å².